The highest BCUT2D eigenvalue weighted by molar-refractivity contribution is 7.89. The Bertz CT molecular complexity index is 654. The zero-order chi connectivity index (χ0) is 17.0. The Labute approximate surface area is 143 Å². The molecule has 1 saturated carbocycles. The monoisotopic (exact) mass is 352 g/mol. The van der Waals surface area contributed by atoms with Gasteiger partial charge in [-0.25, -0.2) is 13.2 Å². The Balaban J connectivity index is 1.41. The third-order valence-corrected chi connectivity index (χ3v) is 6.78. The first-order valence-electron chi connectivity index (χ1n) is 8.51. The summed E-state index contributed by atoms with van der Waals surface area (Å²) >= 11 is 0. The van der Waals surface area contributed by atoms with Gasteiger partial charge in [-0.3, -0.25) is 0 Å². The van der Waals surface area contributed by atoms with Crippen LogP contribution in [0.5, 0.6) is 0 Å². The first-order valence-corrected chi connectivity index (χ1v) is 10.1. The number of nitrogens with one attached hydrogen (secondary N) is 1. The number of hydrogen-bond acceptors (Lipinski definition) is 4. The van der Waals surface area contributed by atoms with E-state index in [-0.39, 0.29) is 24.4 Å². The maximum atomic E-state index is 12.0. The van der Waals surface area contributed by atoms with Crippen LogP contribution in [0.25, 0.3) is 0 Å². The molecular formula is C17H24N2O4S. The molecule has 6 nitrogen and oxygen atoms in total. The van der Waals surface area contributed by atoms with Gasteiger partial charge in [-0.05, 0) is 37.7 Å². The van der Waals surface area contributed by atoms with Crippen LogP contribution in [0.15, 0.2) is 30.3 Å². The second-order valence-corrected chi connectivity index (χ2v) is 8.53. The minimum absolute atomic E-state index is 0.0647. The third-order valence-electron chi connectivity index (χ3n) is 4.78. The first kappa shape index (κ1) is 17.2. The Hall–Kier alpha value is -1.60. The molecule has 0 atom stereocenters. The zero-order valence-electron chi connectivity index (χ0n) is 13.7. The standard InChI is InChI=1S/C17H24N2O4S/c20-17(23-13-14-5-2-1-3-6-14)18-15-7-9-16(10-8-15)19-11-4-12-24(19,21)22/h1-3,5-6,15-16H,4,7-13H2,(H,18,20). The predicted octanol–water partition coefficient (Wildman–Crippen LogP) is 2.26. The van der Waals surface area contributed by atoms with Crippen molar-refractivity contribution in [2.45, 2.75) is 50.8 Å². The van der Waals surface area contributed by atoms with E-state index in [0.717, 1.165) is 37.7 Å². The maximum absolute atomic E-state index is 12.0. The largest absolute Gasteiger partial charge is 0.445 e. The predicted molar refractivity (Wildman–Crippen MR) is 90.9 cm³/mol. The molecule has 1 aromatic carbocycles. The maximum Gasteiger partial charge on any atom is 0.407 e. The summed E-state index contributed by atoms with van der Waals surface area (Å²) in [5.74, 6) is 0.275. The number of nitrogens with zero attached hydrogens (tertiary/aromatic N) is 1. The molecule has 1 aromatic rings. The number of rotatable bonds is 4. The topological polar surface area (TPSA) is 75.7 Å². The van der Waals surface area contributed by atoms with Crippen molar-refractivity contribution in [1.82, 2.24) is 9.62 Å². The van der Waals surface area contributed by atoms with Gasteiger partial charge in [0.05, 0.1) is 5.75 Å². The van der Waals surface area contributed by atoms with Gasteiger partial charge >= 0.3 is 6.09 Å². The Morgan fingerprint density at radius 2 is 1.88 bits per heavy atom. The molecule has 7 heteroatoms. The molecule has 2 fully saturated rings. The van der Waals surface area contributed by atoms with Gasteiger partial charge in [-0.15, -0.1) is 0 Å². The highest BCUT2D eigenvalue weighted by atomic mass is 32.2. The van der Waals surface area contributed by atoms with Gasteiger partial charge < -0.3 is 10.1 Å². The summed E-state index contributed by atoms with van der Waals surface area (Å²) in [6.07, 6.45) is 3.49. The Morgan fingerprint density at radius 1 is 1.17 bits per heavy atom. The Kier molecular flexibility index (Phi) is 5.40. The number of sulfonamides is 1. The fraction of sp³-hybridized carbons (Fsp3) is 0.588. The third kappa shape index (κ3) is 4.27. The number of ether oxygens (including phenoxy) is 1. The van der Waals surface area contributed by atoms with Gasteiger partial charge in [0.2, 0.25) is 10.0 Å². The van der Waals surface area contributed by atoms with E-state index in [4.69, 9.17) is 4.74 Å². The highest BCUT2D eigenvalue weighted by Crippen LogP contribution is 2.28. The molecule has 1 aliphatic heterocycles. The molecule has 0 aromatic heterocycles. The Morgan fingerprint density at radius 3 is 2.50 bits per heavy atom. The summed E-state index contributed by atoms with van der Waals surface area (Å²) in [6, 6.07) is 9.71. The van der Waals surface area contributed by atoms with Gasteiger partial charge in [0.15, 0.2) is 0 Å². The van der Waals surface area contributed by atoms with Crippen LogP contribution < -0.4 is 5.32 Å². The van der Waals surface area contributed by atoms with Crippen LogP contribution in [-0.4, -0.2) is 43.2 Å². The van der Waals surface area contributed by atoms with E-state index < -0.39 is 16.1 Å². The summed E-state index contributed by atoms with van der Waals surface area (Å²) in [7, 11) is -3.05. The molecule has 0 radical (unpaired) electrons. The van der Waals surface area contributed by atoms with Gasteiger partial charge in [-0.2, -0.15) is 4.31 Å². The number of benzene rings is 1. The fourth-order valence-electron chi connectivity index (χ4n) is 3.51. The molecule has 1 amide bonds. The number of alkyl carbamates (subject to hydrolysis) is 1. The number of carbonyl (C=O) groups is 1. The number of hydrogen-bond donors (Lipinski definition) is 1. The molecule has 1 N–H and O–H groups in total. The molecule has 0 spiro atoms. The van der Waals surface area contributed by atoms with Gasteiger partial charge in [0, 0.05) is 18.6 Å². The van der Waals surface area contributed by atoms with E-state index in [2.05, 4.69) is 5.32 Å². The van der Waals surface area contributed by atoms with Gasteiger partial charge in [0.25, 0.3) is 0 Å². The molecule has 1 aliphatic carbocycles. The molecule has 1 heterocycles. The number of carbonyl (C=O) groups excluding carboxylic acids is 1. The van der Waals surface area contributed by atoms with E-state index in [1.165, 1.54) is 0 Å². The van der Waals surface area contributed by atoms with Crippen LogP contribution in [0.3, 0.4) is 0 Å². The highest BCUT2D eigenvalue weighted by Gasteiger charge is 2.36. The van der Waals surface area contributed by atoms with Crippen LogP contribution in [0, 0.1) is 0 Å². The van der Waals surface area contributed by atoms with E-state index >= 15 is 0 Å². The van der Waals surface area contributed by atoms with Crippen LogP contribution >= 0.6 is 0 Å². The van der Waals surface area contributed by atoms with Crippen molar-refractivity contribution in [2.75, 3.05) is 12.3 Å². The summed E-state index contributed by atoms with van der Waals surface area (Å²) in [5, 5.41) is 2.89. The van der Waals surface area contributed by atoms with Crippen LogP contribution in [0.2, 0.25) is 0 Å². The molecule has 24 heavy (non-hydrogen) atoms. The minimum atomic E-state index is -3.05. The van der Waals surface area contributed by atoms with Crippen molar-refractivity contribution >= 4 is 16.1 Å². The van der Waals surface area contributed by atoms with Crippen molar-refractivity contribution < 1.29 is 17.9 Å². The average molecular weight is 352 g/mol. The lowest BCUT2D eigenvalue weighted by Crippen LogP contribution is -2.44. The summed E-state index contributed by atoms with van der Waals surface area (Å²) in [4.78, 5) is 11.9. The zero-order valence-corrected chi connectivity index (χ0v) is 14.5. The van der Waals surface area contributed by atoms with Crippen molar-refractivity contribution in [2.24, 2.45) is 0 Å². The smallest absolute Gasteiger partial charge is 0.407 e. The van der Waals surface area contributed by atoms with E-state index in [1.807, 2.05) is 30.3 Å². The lowest BCUT2D eigenvalue weighted by Gasteiger charge is -2.33. The lowest BCUT2D eigenvalue weighted by molar-refractivity contribution is 0.130. The summed E-state index contributed by atoms with van der Waals surface area (Å²) in [5.41, 5.74) is 0.954. The fourth-order valence-corrected chi connectivity index (χ4v) is 5.31. The van der Waals surface area contributed by atoms with E-state index in [1.54, 1.807) is 4.31 Å². The molecule has 2 aliphatic rings. The quantitative estimate of drug-likeness (QED) is 0.902. The molecule has 132 valence electrons. The van der Waals surface area contributed by atoms with Crippen molar-refractivity contribution in [3.05, 3.63) is 35.9 Å². The molecule has 1 saturated heterocycles. The van der Waals surface area contributed by atoms with Crippen LogP contribution in [-0.2, 0) is 21.4 Å². The van der Waals surface area contributed by atoms with Crippen LogP contribution in [0.1, 0.15) is 37.7 Å². The van der Waals surface area contributed by atoms with E-state index in [0.29, 0.717) is 6.54 Å². The normalized spacial score (nSPS) is 26.8. The SMILES string of the molecule is O=C(NC1CCC(N2CCCS2(=O)=O)CC1)OCc1ccccc1. The molecule has 3 rings (SSSR count). The van der Waals surface area contributed by atoms with Crippen LogP contribution in [0.4, 0.5) is 4.79 Å². The number of amides is 1. The lowest BCUT2D eigenvalue weighted by atomic mass is 9.91. The second kappa shape index (κ2) is 7.53. The average Bonchev–Trinajstić information content (AvgIpc) is 2.94. The molecule has 0 unspecified atom stereocenters. The second-order valence-electron chi connectivity index (χ2n) is 6.49. The van der Waals surface area contributed by atoms with Crippen molar-refractivity contribution in [3.8, 4) is 0 Å². The molecule has 0 bridgehead atoms. The minimum Gasteiger partial charge on any atom is -0.445 e. The first-order chi connectivity index (χ1) is 11.5. The van der Waals surface area contributed by atoms with Gasteiger partial charge in [0.1, 0.15) is 6.61 Å². The van der Waals surface area contributed by atoms with Crippen molar-refractivity contribution in [1.29, 1.82) is 0 Å². The molecular weight excluding hydrogens is 328 g/mol. The van der Waals surface area contributed by atoms with Crippen molar-refractivity contribution in [3.63, 3.8) is 0 Å². The van der Waals surface area contributed by atoms with E-state index in [9.17, 15) is 13.2 Å². The van der Waals surface area contributed by atoms with Gasteiger partial charge in [-0.1, -0.05) is 30.3 Å². The summed E-state index contributed by atoms with van der Waals surface area (Å²) in [6.45, 7) is 0.901. The summed E-state index contributed by atoms with van der Waals surface area (Å²) < 4.78 is 30.9.